The second-order valence-corrected chi connectivity index (χ2v) is 9.31. The molecule has 0 bridgehead atoms. The van der Waals surface area contributed by atoms with Gasteiger partial charge in [0.2, 0.25) is 5.95 Å². The maximum absolute atomic E-state index is 14.5. The molecule has 1 aromatic heterocycles. The van der Waals surface area contributed by atoms with Crippen LogP contribution in [-0.2, 0) is 9.47 Å². The van der Waals surface area contributed by atoms with E-state index < -0.39 is 47.8 Å². The molecule has 8 nitrogen and oxygen atoms in total. The van der Waals surface area contributed by atoms with Crippen LogP contribution in [0.3, 0.4) is 0 Å². The summed E-state index contributed by atoms with van der Waals surface area (Å²) < 4.78 is 66.5. The van der Waals surface area contributed by atoms with Gasteiger partial charge in [0.05, 0.1) is 17.7 Å². The first kappa shape index (κ1) is 26.7. The summed E-state index contributed by atoms with van der Waals surface area (Å²) in [4.78, 5) is 22.2. The molecule has 0 aliphatic carbocycles. The molecule has 1 N–H and O–H groups in total. The number of ether oxygens (including phenoxy) is 3. The number of benzene rings is 1. The number of nitrogens with one attached hydrogen (secondary N) is 1. The highest BCUT2D eigenvalue weighted by Gasteiger charge is 2.40. The number of rotatable bonds is 7. The van der Waals surface area contributed by atoms with Crippen LogP contribution >= 0.6 is 11.6 Å². The van der Waals surface area contributed by atoms with Crippen molar-refractivity contribution in [3.05, 3.63) is 40.8 Å². The van der Waals surface area contributed by atoms with E-state index in [2.05, 4.69) is 20.0 Å². The first-order chi connectivity index (χ1) is 16.1. The van der Waals surface area contributed by atoms with Gasteiger partial charge in [0.25, 0.3) is 0 Å². The molecule has 3 rings (SSSR count). The Bertz CT molecular complexity index is 1080. The van der Waals surface area contributed by atoms with Gasteiger partial charge in [0.1, 0.15) is 35.2 Å². The number of aromatic nitrogens is 2. The fraction of sp³-hybridized carbons (Fsp3) is 0.500. The summed E-state index contributed by atoms with van der Waals surface area (Å²) >= 11 is 6.15. The maximum Gasteiger partial charge on any atom is 0.573 e. The predicted molar refractivity (Wildman–Crippen MR) is 120 cm³/mol. The molecule has 1 fully saturated rings. The molecule has 1 aliphatic heterocycles. The Morgan fingerprint density at radius 3 is 2.49 bits per heavy atom. The lowest BCUT2D eigenvalue weighted by atomic mass is 10.1. The number of hydrogen-bond donors (Lipinski definition) is 1. The zero-order chi connectivity index (χ0) is 26.1. The van der Waals surface area contributed by atoms with Crippen LogP contribution in [0, 0.1) is 5.82 Å². The number of carbonyl (C=O) groups is 1. The molecule has 0 unspecified atom stereocenters. The summed E-state index contributed by atoms with van der Waals surface area (Å²) in [6.07, 6.45) is -5.98. The van der Waals surface area contributed by atoms with E-state index in [-0.39, 0.29) is 29.1 Å². The van der Waals surface area contributed by atoms with E-state index >= 15 is 0 Å². The minimum absolute atomic E-state index is 0.00180. The highest BCUT2D eigenvalue weighted by Crippen LogP contribution is 2.31. The molecular formula is C22H25ClF4N4O4. The molecule has 3 atom stereocenters. The zero-order valence-electron chi connectivity index (χ0n) is 19.6. The monoisotopic (exact) mass is 520 g/mol. The number of alkyl halides is 3. The van der Waals surface area contributed by atoms with Gasteiger partial charge >= 0.3 is 12.5 Å². The lowest BCUT2D eigenvalue weighted by Gasteiger charge is -2.31. The number of hydrogen-bond acceptors (Lipinski definition) is 7. The Labute approximate surface area is 204 Å². The molecule has 1 aromatic carbocycles. The third-order valence-electron chi connectivity index (χ3n) is 4.93. The lowest BCUT2D eigenvalue weighted by Crippen LogP contribution is -2.45. The van der Waals surface area contributed by atoms with Crippen molar-refractivity contribution < 1.29 is 36.6 Å². The van der Waals surface area contributed by atoms with E-state index in [0.29, 0.717) is 6.07 Å². The van der Waals surface area contributed by atoms with Crippen molar-refractivity contribution in [2.24, 2.45) is 0 Å². The Kier molecular flexibility index (Phi) is 7.65. The van der Waals surface area contributed by atoms with Crippen molar-refractivity contribution >= 4 is 29.5 Å². The van der Waals surface area contributed by atoms with Gasteiger partial charge in [-0.2, -0.15) is 4.98 Å². The van der Waals surface area contributed by atoms with E-state index in [4.69, 9.17) is 21.1 Å². The number of anilines is 2. The third kappa shape index (κ3) is 7.07. The average Bonchev–Trinajstić information content (AvgIpc) is 3.06. The second kappa shape index (κ2) is 10.0. The average molecular weight is 521 g/mol. The highest BCUT2D eigenvalue weighted by molar-refractivity contribution is 6.29. The van der Waals surface area contributed by atoms with Crippen molar-refractivity contribution in [1.29, 1.82) is 0 Å². The smallest absolute Gasteiger partial charge is 0.447 e. The minimum Gasteiger partial charge on any atom is -0.447 e. The van der Waals surface area contributed by atoms with Crippen LogP contribution in [0.15, 0.2) is 24.3 Å². The Morgan fingerprint density at radius 2 is 1.89 bits per heavy atom. The molecule has 192 valence electrons. The number of nitrogens with zero attached hydrogens (tertiary/aromatic N) is 3. The molecule has 2 heterocycles. The van der Waals surface area contributed by atoms with Crippen LogP contribution in [0.4, 0.5) is 34.1 Å². The highest BCUT2D eigenvalue weighted by atomic mass is 35.5. The van der Waals surface area contributed by atoms with E-state index in [9.17, 15) is 22.4 Å². The summed E-state index contributed by atoms with van der Waals surface area (Å²) in [5, 5.41) is 2.85. The predicted octanol–water partition coefficient (Wildman–Crippen LogP) is 5.87. The Balaban J connectivity index is 1.82. The van der Waals surface area contributed by atoms with Crippen LogP contribution in [0.2, 0.25) is 5.15 Å². The van der Waals surface area contributed by atoms with E-state index in [0.717, 1.165) is 12.1 Å². The van der Waals surface area contributed by atoms with Gasteiger partial charge in [0.15, 0.2) is 0 Å². The van der Waals surface area contributed by atoms with Crippen LogP contribution < -0.4 is 15.0 Å². The molecule has 2 aromatic rings. The third-order valence-corrected chi connectivity index (χ3v) is 5.13. The van der Waals surface area contributed by atoms with Crippen LogP contribution in [0.1, 0.15) is 46.2 Å². The summed E-state index contributed by atoms with van der Waals surface area (Å²) in [6, 6.07) is 2.90. The molecule has 0 saturated carbocycles. The van der Waals surface area contributed by atoms with Gasteiger partial charge < -0.3 is 19.5 Å². The molecular weight excluding hydrogens is 496 g/mol. The van der Waals surface area contributed by atoms with Crippen molar-refractivity contribution in [2.45, 2.75) is 64.8 Å². The topological polar surface area (TPSA) is 85.8 Å². The molecule has 1 saturated heterocycles. The number of amides is 1. The molecule has 0 radical (unpaired) electrons. The van der Waals surface area contributed by atoms with Crippen LogP contribution in [0.5, 0.6) is 5.75 Å². The van der Waals surface area contributed by atoms with Crippen molar-refractivity contribution in [2.75, 3.05) is 16.8 Å². The molecule has 1 aliphatic rings. The van der Waals surface area contributed by atoms with Crippen molar-refractivity contribution in [1.82, 2.24) is 9.97 Å². The van der Waals surface area contributed by atoms with Crippen molar-refractivity contribution in [3.63, 3.8) is 0 Å². The molecule has 1 amide bonds. The van der Waals surface area contributed by atoms with E-state index in [1.54, 1.807) is 6.92 Å². The maximum atomic E-state index is 14.5. The fourth-order valence-electron chi connectivity index (χ4n) is 3.60. The van der Waals surface area contributed by atoms with Gasteiger partial charge in [-0.25, -0.2) is 14.2 Å². The Morgan fingerprint density at radius 1 is 1.20 bits per heavy atom. The van der Waals surface area contributed by atoms with Gasteiger partial charge in [0, 0.05) is 17.7 Å². The SMILES string of the molecule is C[C@H](Nc1nc(Cl)cc(N2C(=O)OC[C@@H]2[C@@H](C)OC(C)(C)C)n1)c1ccc(OC(F)(F)F)cc1F. The summed E-state index contributed by atoms with van der Waals surface area (Å²) in [6.45, 7) is 9.10. The van der Waals surface area contributed by atoms with Gasteiger partial charge in [-0.15, -0.1) is 13.2 Å². The molecule has 35 heavy (non-hydrogen) atoms. The molecule has 13 heteroatoms. The lowest BCUT2D eigenvalue weighted by molar-refractivity contribution is -0.274. The van der Waals surface area contributed by atoms with Crippen LogP contribution in [0.25, 0.3) is 0 Å². The summed E-state index contributed by atoms with van der Waals surface area (Å²) in [5.74, 6) is -1.49. The quantitative estimate of drug-likeness (QED) is 0.361. The fourth-order valence-corrected chi connectivity index (χ4v) is 3.78. The number of halogens is 5. The molecule has 0 spiro atoms. The number of cyclic esters (lactones) is 1. The zero-order valence-corrected chi connectivity index (χ0v) is 20.4. The standard InChI is InChI=1S/C22H25ClF4N4O4/c1-11(14-7-6-13(8-15(14)24)35-22(25,26)27)28-19-29-17(23)9-18(30-19)31-16(10-33-20(31)32)12(2)34-21(3,4)5/h6-9,11-12,16H,10H2,1-5H3,(H,28,29,30)/t11-,12+,16+/m0/s1. The van der Waals surface area contributed by atoms with Gasteiger partial charge in [-0.1, -0.05) is 17.7 Å². The van der Waals surface area contributed by atoms with Gasteiger partial charge in [-0.3, -0.25) is 4.90 Å². The first-order valence-corrected chi connectivity index (χ1v) is 11.0. The number of carbonyl (C=O) groups excluding carboxylic acids is 1. The van der Waals surface area contributed by atoms with E-state index in [1.165, 1.54) is 11.0 Å². The second-order valence-electron chi connectivity index (χ2n) is 8.92. The Hall–Kier alpha value is -2.86. The summed E-state index contributed by atoms with van der Waals surface area (Å²) in [5.41, 5.74) is -0.428. The minimum atomic E-state index is -4.94. The van der Waals surface area contributed by atoms with E-state index in [1.807, 2.05) is 27.7 Å². The normalized spacial score (nSPS) is 18.3. The largest absolute Gasteiger partial charge is 0.573 e. The van der Waals surface area contributed by atoms with Gasteiger partial charge in [-0.05, 0) is 40.7 Å². The van der Waals surface area contributed by atoms with Crippen molar-refractivity contribution in [3.8, 4) is 5.75 Å². The summed E-state index contributed by atoms with van der Waals surface area (Å²) in [7, 11) is 0. The van der Waals surface area contributed by atoms with Crippen LogP contribution in [-0.4, -0.2) is 46.8 Å². The first-order valence-electron chi connectivity index (χ1n) is 10.6.